The summed E-state index contributed by atoms with van der Waals surface area (Å²) in [5.74, 6) is 2.12. The summed E-state index contributed by atoms with van der Waals surface area (Å²) in [5.41, 5.74) is -1.24. The number of anilines is 2. The number of hydrogen-bond donors (Lipinski definition) is 3. The molecule has 2 aromatic rings. The van der Waals surface area contributed by atoms with Gasteiger partial charge in [0.2, 0.25) is 0 Å². The molecule has 1 amide bonds. The number of benzene rings is 2. The number of nitrogens with two attached hydrogens (primary N) is 1. The van der Waals surface area contributed by atoms with E-state index in [2.05, 4.69) is 5.32 Å². The summed E-state index contributed by atoms with van der Waals surface area (Å²) in [5, 5.41) is 14.5. The highest BCUT2D eigenvalue weighted by Gasteiger charge is 2.45. The van der Waals surface area contributed by atoms with Crippen molar-refractivity contribution < 1.29 is 23.1 Å². The number of halogens is 3. The highest BCUT2D eigenvalue weighted by atomic mass is 19.2. The molecule has 0 saturated carbocycles. The average Bonchev–Trinajstić information content (AvgIpc) is 2.72. The fraction of sp³-hybridized carbons (Fsp3) is 0.435. The topological polar surface area (TPSA) is 81.8 Å². The minimum Gasteiger partial charge on any atom is -0.385 e. The summed E-state index contributed by atoms with van der Waals surface area (Å²) in [6.45, 7) is 9.57. The summed E-state index contributed by atoms with van der Waals surface area (Å²) in [4.78, 5) is 14.2. The van der Waals surface area contributed by atoms with Crippen LogP contribution in [-0.2, 0) is 0 Å². The molecule has 3 rings (SSSR count). The maximum atomic E-state index is 14.5. The molecule has 0 spiro atoms. The Kier molecular flexibility index (Phi) is 8.28. The van der Waals surface area contributed by atoms with E-state index in [1.54, 1.807) is 13.0 Å². The van der Waals surface area contributed by atoms with Crippen LogP contribution in [0.25, 0.3) is 0 Å². The van der Waals surface area contributed by atoms with Crippen LogP contribution >= 0.6 is 0 Å². The Morgan fingerprint density at radius 2 is 1.81 bits per heavy atom. The lowest BCUT2D eigenvalue weighted by atomic mass is 9.92. The van der Waals surface area contributed by atoms with Crippen molar-refractivity contribution in [2.75, 3.05) is 25.0 Å². The number of aryl methyl sites for hydroxylation is 1. The lowest BCUT2D eigenvalue weighted by Crippen LogP contribution is -2.68. The molecule has 1 heterocycles. The molecule has 6 nitrogen and oxygen atoms in total. The van der Waals surface area contributed by atoms with Crippen molar-refractivity contribution in [2.45, 2.75) is 46.3 Å². The van der Waals surface area contributed by atoms with Crippen LogP contribution < -0.4 is 11.2 Å². The molecule has 9 heteroatoms. The first kappa shape index (κ1) is 25.6. The zero-order chi connectivity index (χ0) is 24.2. The number of rotatable bonds is 6. The van der Waals surface area contributed by atoms with Crippen LogP contribution in [0.5, 0.6) is 0 Å². The second-order valence-corrected chi connectivity index (χ2v) is 8.04. The van der Waals surface area contributed by atoms with E-state index in [-0.39, 0.29) is 36.9 Å². The molecule has 1 saturated heterocycles. The van der Waals surface area contributed by atoms with Crippen LogP contribution in [0.15, 0.2) is 30.3 Å². The number of amides is 1. The number of carbonyl (C=O) groups is 1. The molecule has 0 bridgehead atoms. The molecule has 0 radical (unpaired) electrons. The van der Waals surface area contributed by atoms with Crippen molar-refractivity contribution in [1.82, 2.24) is 9.91 Å². The van der Waals surface area contributed by atoms with Gasteiger partial charge >= 0.3 is 0 Å². The zero-order valence-electron chi connectivity index (χ0n) is 19.0. The number of hydrazine groups is 1. The quantitative estimate of drug-likeness (QED) is 0.457. The predicted molar refractivity (Wildman–Crippen MR) is 119 cm³/mol. The second kappa shape index (κ2) is 10.3. The van der Waals surface area contributed by atoms with Crippen molar-refractivity contribution >= 4 is 17.3 Å². The van der Waals surface area contributed by atoms with Crippen molar-refractivity contribution in [3.05, 3.63) is 58.9 Å². The van der Waals surface area contributed by atoms with Crippen LogP contribution in [0.2, 0.25) is 0 Å². The number of β-amino-alcohol motifs (C(OH)–C–C–N with tert-alkyl or cyclic N) is 1. The first-order valence-electron chi connectivity index (χ1n) is 10.5. The van der Waals surface area contributed by atoms with Gasteiger partial charge in [-0.2, -0.15) is 0 Å². The van der Waals surface area contributed by atoms with Crippen LogP contribution in [0, 0.1) is 24.4 Å². The van der Waals surface area contributed by atoms with Crippen molar-refractivity contribution in [3.63, 3.8) is 0 Å². The largest absolute Gasteiger partial charge is 0.385 e. The van der Waals surface area contributed by atoms with Gasteiger partial charge in [0.25, 0.3) is 5.91 Å². The third kappa shape index (κ3) is 5.59. The minimum absolute atomic E-state index is 0.00480. The molecule has 0 aliphatic carbocycles. The first-order chi connectivity index (χ1) is 15.0. The maximum Gasteiger partial charge on any atom is 0.256 e. The molecule has 1 aliphatic rings. The summed E-state index contributed by atoms with van der Waals surface area (Å²) in [6.07, 6.45) is 0. The van der Waals surface area contributed by atoms with E-state index in [1.807, 2.05) is 27.7 Å². The van der Waals surface area contributed by atoms with Gasteiger partial charge in [0.1, 0.15) is 11.4 Å². The van der Waals surface area contributed by atoms with E-state index in [1.165, 1.54) is 22.0 Å². The van der Waals surface area contributed by atoms with E-state index in [0.29, 0.717) is 5.56 Å². The fourth-order valence-electron chi connectivity index (χ4n) is 3.31. The molecule has 176 valence electrons. The number of hydrogen-bond acceptors (Lipinski definition) is 5. The van der Waals surface area contributed by atoms with Crippen LogP contribution in [0.3, 0.4) is 0 Å². The normalized spacial score (nSPS) is 14.7. The Balaban J connectivity index is 0.00000176. The SMILES string of the molecule is CC.Cc1ccc(Nc2c(C(=O)N3CC(O)(CN(N)C(C)C)C3)ccc(F)c2F)c(F)c1. The van der Waals surface area contributed by atoms with Gasteiger partial charge in [-0.25, -0.2) is 18.2 Å². The van der Waals surface area contributed by atoms with E-state index in [0.717, 1.165) is 12.1 Å². The molecule has 0 aromatic heterocycles. The Bertz CT molecular complexity index is 962. The fourth-order valence-corrected chi connectivity index (χ4v) is 3.31. The van der Waals surface area contributed by atoms with Crippen molar-refractivity contribution in [1.29, 1.82) is 0 Å². The zero-order valence-corrected chi connectivity index (χ0v) is 19.0. The Morgan fingerprint density at radius 1 is 1.19 bits per heavy atom. The van der Waals surface area contributed by atoms with Gasteiger partial charge in [-0.1, -0.05) is 19.9 Å². The first-order valence-corrected chi connectivity index (χ1v) is 10.5. The minimum atomic E-state index is -1.29. The monoisotopic (exact) mass is 452 g/mol. The summed E-state index contributed by atoms with van der Waals surface area (Å²) < 4.78 is 42.6. The molecule has 1 fully saturated rings. The summed E-state index contributed by atoms with van der Waals surface area (Å²) in [6, 6.07) is 6.20. The lowest BCUT2D eigenvalue weighted by Gasteiger charge is -2.48. The average molecular weight is 453 g/mol. The molecule has 0 atom stereocenters. The van der Waals surface area contributed by atoms with Gasteiger partial charge in [-0.15, -0.1) is 0 Å². The van der Waals surface area contributed by atoms with Gasteiger partial charge in [0, 0.05) is 12.6 Å². The highest BCUT2D eigenvalue weighted by molar-refractivity contribution is 6.01. The molecule has 1 aliphatic heterocycles. The molecule has 2 aromatic carbocycles. The van der Waals surface area contributed by atoms with E-state index in [4.69, 9.17) is 5.84 Å². The molecular weight excluding hydrogens is 421 g/mol. The van der Waals surface area contributed by atoms with E-state index in [9.17, 15) is 23.1 Å². The molecule has 4 N–H and O–H groups in total. The van der Waals surface area contributed by atoms with Gasteiger partial charge in [0.05, 0.1) is 30.0 Å². The summed E-state index contributed by atoms with van der Waals surface area (Å²) in [7, 11) is 0. The van der Waals surface area contributed by atoms with Crippen LogP contribution in [-0.4, -0.2) is 52.2 Å². The predicted octanol–water partition coefficient (Wildman–Crippen LogP) is 3.95. The lowest BCUT2D eigenvalue weighted by molar-refractivity contribution is -0.102. The van der Waals surface area contributed by atoms with E-state index >= 15 is 0 Å². The third-order valence-electron chi connectivity index (χ3n) is 5.11. The van der Waals surface area contributed by atoms with Gasteiger partial charge in [-0.05, 0) is 50.6 Å². The number of carbonyl (C=O) groups excluding carboxylic acids is 1. The van der Waals surface area contributed by atoms with Crippen LogP contribution in [0.4, 0.5) is 24.5 Å². The Hall–Kier alpha value is -2.62. The second-order valence-electron chi connectivity index (χ2n) is 8.04. The van der Waals surface area contributed by atoms with Crippen molar-refractivity contribution in [3.8, 4) is 0 Å². The third-order valence-corrected chi connectivity index (χ3v) is 5.11. The smallest absolute Gasteiger partial charge is 0.256 e. The highest BCUT2D eigenvalue weighted by Crippen LogP contribution is 2.31. The maximum absolute atomic E-state index is 14.5. The van der Waals surface area contributed by atoms with Gasteiger partial charge in [-0.3, -0.25) is 10.6 Å². The number of nitrogens with one attached hydrogen (secondary N) is 1. The van der Waals surface area contributed by atoms with E-state index < -0.39 is 34.6 Å². The standard InChI is InChI=1S/C21H25F3N4O2.C2H6/c1-12(2)28(25)11-21(30)9-27(10-21)20(29)14-5-6-15(22)18(24)19(14)26-17-7-4-13(3)8-16(17)23;1-2/h4-8,12,26,30H,9-11,25H2,1-3H3;1-2H3. The Morgan fingerprint density at radius 3 is 2.38 bits per heavy atom. The van der Waals surface area contributed by atoms with Crippen molar-refractivity contribution in [2.24, 2.45) is 5.84 Å². The number of aliphatic hydroxyl groups is 1. The van der Waals surface area contributed by atoms with Gasteiger partial charge < -0.3 is 15.3 Å². The van der Waals surface area contributed by atoms with Gasteiger partial charge in [0.15, 0.2) is 11.6 Å². The number of likely N-dealkylation sites (tertiary alicyclic amines) is 1. The Labute approximate surface area is 186 Å². The molecular formula is C23H31F3N4O2. The van der Waals surface area contributed by atoms with Crippen LogP contribution in [0.1, 0.15) is 43.6 Å². The number of nitrogens with zero attached hydrogens (tertiary/aromatic N) is 2. The molecule has 0 unspecified atom stereocenters. The summed E-state index contributed by atoms with van der Waals surface area (Å²) >= 11 is 0. The molecule has 32 heavy (non-hydrogen) atoms.